The monoisotopic (exact) mass is 309 g/mol. The van der Waals surface area contributed by atoms with Crippen LogP contribution in [0.3, 0.4) is 0 Å². The summed E-state index contributed by atoms with van der Waals surface area (Å²) in [5.74, 6) is 0.680. The van der Waals surface area contributed by atoms with Crippen molar-refractivity contribution in [1.29, 1.82) is 0 Å². The van der Waals surface area contributed by atoms with Gasteiger partial charge in [-0.15, -0.1) is 0 Å². The van der Waals surface area contributed by atoms with Crippen molar-refractivity contribution >= 4 is 17.9 Å². The molecule has 1 amide bonds. The number of carbonyl (C=O) groups is 2. The maximum atomic E-state index is 12.8. The van der Waals surface area contributed by atoms with E-state index in [1.54, 1.807) is 24.3 Å². The standard InChI is InChI=1S/C19H19NO3/c21-13-4-14-23-17-10-8-16(9-11-17)19(22)20-12-3-6-15-5-1-2-7-18(15)20/h1-2,5,7-11,13H,3-4,6,12,14H2. The molecule has 0 unspecified atom stereocenters. The molecule has 1 heterocycles. The number of hydrogen-bond donors (Lipinski definition) is 0. The number of rotatable bonds is 5. The molecule has 118 valence electrons. The molecule has 0 N–H and O–H groups in total. The Morgan fingerprint density at radius 1 is 1.13 bits per heavy atom. The SMILES string of the molecule is O=CCCOc1ccc(C(=O)N2CCCc3ccccc32)cc1. The molecule has 2 aromatic carbocycles. The highest BCUT2D eigenvalue weighted by atomic mass is 16.5. The van der Waals surface area contributed by atoms with E-state index in [-0.39, 0.29) is 5.91 Å². The number of carbonyl (C=O) groups excluding carboxylic acids is 2. The lowest BCUT2D eigenvalue weighted by Gasteiger charge is -2.29. The summed E-state index contributed by atoms with van der Waals surface area (Å²) in [7, 11) is 0. The molecule has 0 saturated carbocycles. The predicted octanol–water partition coefficient (Wildman–Crippen LogP) is 3.25. The molecule has 0 saturated heterocycles. The van der Waals surface area contributed by atoms with E-state index in [0.29, 0.717) is 24.3 Å². The number of amides is 1. The number of benzene rings is 2. The van der Waals surface area contributed by atoms with Gasteiger partial charge < -0.3 is 14.4 Å². The maximum absolute atomic E-state index is 12.8. The number of aldehydes is 1. The highest BCUT2D eigenvalue weighted by Crippen LogP contribution is 2.28. The van der Waals surface area contributed by atoms with Crippen molar-refractivity contribution in [2.45, 2.75) is 19.3 Å². The third-order valence-electron chi connectivity index (χ3n) is 3.96. The fourth-order valence-electron chi connectivity index (χ4n) is 2.82. The van der Waals surface area contributed by atoms with Crippen molar-refractivity contribution < 1.29 is 14.3 Å². The zero-order valence-electron chi connectivity index (χ0n) is 12.9. The Kier molecular flexibility index (Phi) is 4.71. The summed E-state index contributed by atoms with van der Waals surface area (Å²) in [6, 6.07) is 15.2. The summed E-state index contributed by atoms with van der Waals surface area (Å²) < 4.78 is 5.43. The van der Waals surface area contributed by atoms with E-state index in [1.807, 2.05) is 23.1 Å². The molecule has 0 radical (unpaired) electrons. The third-order valence-corrected chi connectivity index (χ3v) is 3.96. The van der Waals surface area contributed by atoms with Crippen LogP contribution in [0.5, 0.6) is 5.75 Å². The minimum absolute atomic E-state index is 0.0107. The van der Waals surface area contributed by atoms with E-state index in [2.05, 4.69) is 6.07 Å². The highest BCUT2D eigenvalue weighted by molar-refractivity contribution is 6.06. The topological polar surface area (TPSA) is 46.6 Å². The van der Waals surface area contributed by atoms with Crippen molar-refractivity contribution in [1.82, 2.24) is 0 Å². The first-order valence-corrected chi connectivity index (χ1v) is 7.86. The van der Waals surface area contributed by atoms with Gasteiger partial charge >= 0.3 is 0 Å². The van der Waals surface area contributed by atoms with Crippen LogP contribution in [0.15, 0.2) is 48.5 Å². The number of ether oxygens (including phenoxy) is 1. The molecule has 1 aliphatic heterocycles. The second-order valence-corrected chi connectivity index (χ2v) is 5.52. The van der Waals surface area contributed by atoms with Crippen LogP contribution in [0.2, 0.25) is 0 Å². The van der Waals surface area contributed by atoms with Gasteiger partial charge in [0.05, 0.1) is 6.61 Å². The molecule has 0 aliphatic carbocycles. The Labute approximate surface area is 135 Å². The largest absolute Gasteiger partial charge is 0.493 e. The van der Waals surface area contributed by atoms with Crippen LogP contribution in [-0.2, 0) is 11.2 Å². The second kappa shape index (κ2) is 7.09. The Hall–Kier alpha value is -2.62. The summed E-state index contributed by atoms with van der Waals surface area (Å²) in [5.41, 5.74) is 2.88. The van der Waals surface area contributed by atoms with Crippen molar-refractivity contribution in [3.05, 3.63) is 59.7 Å². The lowest BCUT2D eigenvalue weighted by atomic mass is 10.0. The Morgan fingerprint density at radius 3 is 2.70 bits per heavy atom. The van der Waals surface area contributed by atoms with Gasteiger partial charge in [0.25, 0.3) is 5.91 Å². The zero-order chi connectivity index (χ0) is 16.1. The van der Waals surface area contributed by atoms with Crippen molar-refractivity contribution in [2.75, 3.05) is 18.1 Å². The average Bonchev–Trinajstić information content (AvgIpc) is 2.61. The van der Waals surface area contributed by atoms with Crippen LogP contribution in [0, 0.1) is 0 Å². The van der Waals surface area contributed by atoms with Gasteiger partial charge in [-0.05, 0) is 48.7 Å². The van der Waals surface area contributed by atoms with Gasteiger partial charge in [-0.3, -0.25) is 4.79 Å². The van der Waals surface area contributed by atoms with E-state index >= 15 is 0 Å². The van der Waals surface area contributed by atoms with Gasteiger partial charge in [0, 0.05) is 24.2 Å². The number of anilines is 1. The highest BCUT2D eigenvalue weighted by Gasteiger charge is 2.23. The molecule has 2 aromatic rings. The molecule has 0 bridgehead atoms. The molecule has 0 fully saturated rings. The first kappa shape index (κ1) is 15.3. The Balaban J connectivity index is 1.75. The molecule has 1 aliphatic rings. The lowest BCUT2D eigenvalue weighted by molar-refractivity contribution is -0.108. The van der Waals surface area contributed by atoms with Gasteiger partial charge in [-0.1, -0.05) is 18.2 Å². The van der Waals surface area contributed by atoms with E-state index in [4.69, 9.17) is 4.74 Å². The molecule has 0 spiro atoms. The van der Waals surface area contributed by atoms with Gasteiger partial charge in [0.1, 0.15) is 12.0 Å². The third kappa shape index (κ3) is 3.42. The number of fused-ring (bicyclic) bond motifs is 1. The van der Waals surface area contributed by atoms with Crippen LogP contribution >= 0.6 is 0 Å². The van der Waals surface area contributed by atoms with Gasteiger partial charge in [-0.2, -0.15) is 0 Å². The van der Waals surface area contributed by atoms with E-state index in [0.717, 1.165) is 31.4 Å². The Morgan fingerprint density at radius 2 is 1.91 bits per heavy atom. The van der Waals surface area contributed by atoms with Gasteiger partial charge in [0.2, 0.25) is 0 Å². The van der Waals surface area contributed by atoms with Crippen LogP contribution in [0.4, 0.5) is 5.69 Å². The predicted molar refractivity (Wildman–Crippen MR) is 89.1 cm³/mol. The normalized spacial score (nSPS) is 13.3. The maximum Gasteiger partial charge on any atom is 0.258 e. The first-order valence-electron chi connectivity index (χ1n) is 7.86. The number of para-hydroxylation sites is 1. The molecule has 0 atom stereocenters. The molecule has 3 rings (SSSR count). The summed E-state index contributed by atoms with van der Waals surface area (Å²) >= 11 is 0. The van der Waals surface area contributed by atoms with Gasteiger partial charge in [-0.25, -0.2) is 0 Å². The molecular formula is C19H19NO3. The number of nitrogens with zero attached hydrogens (tertiary/aromatic N) is 1. The molecule has 23 heavy (non-hydrogen) atoms. The van der Waals surface area contributed by atoms with Crippen LogP contribution in [-0.4, -0.2) is 25.3 Å². The van der Waals surface area contributed by atoms with E-state index in [9.17, 15) is 9.59 Å². The van der Waals surface area contributed by atoms with Crippen LogP contribution in [0.1, 0.15) is 28.8 Å². The van der Waals surface area contributed by atoms with Crippen molar-refractivity contribution in [3.63, 3.8) is 0 Å². The summed E-state index contributed by atoms with van der Waals surface area (Å²) in [5, 5.41) is 0. The number of hydrogen-bond acceptors (Lipinski definition) is 3. The fraction of sp³-hybridized carbons (Fsp3) is 0.263. The summed E-state index contributed by atoms with van der Waals surface area (Å²) in [6.07, 6.45) is 3.19. The quantitative estimate of drug-likeness (QED) is 0.629. The second-order valence-electron chi connectivity index (χ2n) is 5.52. The zero-order valence-corrected chi connectivity index (χ0v) is 12.9. The van der Waals surface area contributed by atoms with Crippen molar-refractivity contribution in [3.8, 4) is 5.75 Å². The lowest BCUT2D eigenvalue weighted by Crippen LogP contribution is -2.35. The minimum Gasteiger partial charge on any atom is -0.493 e. The fourth-order valence-corrected chi connectivity index (χ4v) is 2.82. The van der Waals surface area contributed by atoms with Gasteiger partial charge in [0.15, 0.2) is 0 Å². The smallest absolute Gasteiger partial charge is 0.258 e. The summed E-state index contributed by atoms with van der Waals surface area (Å²) in [6.45, 7) is 1.10. The molecule has 4 heteroatoms. The van der Waals surface area contributed by atoms with Crippen molar-refractivity contribution in [2.24, 2.45) is 0 Å². The van der Waals surface area contributed by atoms with Crippen LogP contribution in [0.25, 0.3) is 0 Å². The van der Waals surface area contributed by atoms with E-state index in [1.165, 1.54) is 5.56 Å². The first-order chi connectivity index (χ1) is 11.3. The average molecular weight is 309 g/mol. The molecular weight excluding hydrogens is 290 g/mol. The molecule has 0 aromatic heterocycles. The van der Waals surface area contributed by atoms with Crippen LogP contribution < -0.4 is 9.64 Å². The number of aryl methyl sites for hydroxylation is 1. The minimum atomic E-state index is 0.0107. The van der Waals surface area contributed by atoms with E-state index < -0.39 is 0 Å². The Bertz CT molecular complexity index is 694. The summed E-state index contributed by atoms with van der Waals surface area (Å²) in [4.78, 5) is 24.9. The molecule has 4 nitrogen and oxygen atoms in total.